The van der Waals surface area contributed by atoms with Gasteiger partial charge in [0.05, 0.1) is 6.04 Å². The lowest BCUT2D eigenvalue weighted by Gasteiger charge is -2.33. The molecule has 5 heteroatoms. The molecule has 1 fully saturated rings. The van der Waals surface area contributed by atoms with Gasteiger partial charge in [0.25, 0.3) is 0 Å². The summed E-state index contributed by atoms with van der Waals surface area (Å²) in [6.45, 7) is 8.39. The van der Waals surface area contributed by atoms with Crippen LogP contribution in [0.3, 0.4) is 0 Å². The predicted octanol–water partition coefficient (Wildman–Crippen LogP) is 3.88. The van der Waals surface area contributed by atoms with Crippen molar-refractivity contribution < 1.29 is 0 Å². The number of hydrogen-bond donors (Lipinski definition) is 1. The highest BCUT2D eigenvalue weighted by atomic mass is 35.5. The number of thiophene rings is 1. The minimum atomic E-state index is 0. The number of piperazine rings is 1. The van der Waals surface area contributed by atoms with Crippen LogP contribution in [0.2, 0.25) is 0 Å². The number of rotatable bonds is 3. The van der Waals surface area contributed by atoms with Crippen molar-refractivity contribution in [2.45, 2.75) is 6.04 Å². The maximum absolute atomic E-state index is 4.04. The molecule has 1 aliphatic heterocycles. The molecule has 2 nitrogen and oxygen atoms in total. The van der Waals surface area contributed by atoms with Crippen LogP contribution in [0.5, 0.6) is 0 Å². The summed E-state index contributed by atoms with van der Waals surface area (Å²) in [6, 6.07) is 9.00. The number of hydrogen-bond acceptors (Lipinski definition) is 3. The molecule has 0 spiro atoms. The van der Waals surface area contributed by atoms with Crippen LogP contribution in [-0.2, 0) is 0 Å². The van der Waals surface area contributed by atoms with E-state index in [-0.39, 0.29) is 24.8 Å². The molecule has 1 atom stereocenters. The van der Waals surface area contributed by atoms with E-state index in [4.69, 9.17) is 0 Å². The molecular formula is C15H20Cl2N2S. The molecule has 1 aliphatic rings. The smallest absolute Gasteiger partial charge is 0.0544 e. The molecular weight excluding hydrogens is 311 g/mol. The third-order valence-corrected chi connectivity index (χ3v) is 4.58. The van der Waals surface area contributed by atoms with E-state index in [1.165, 1.54) is 15.6 Å². The zero-order valence-corrected chi connectivity index (χ0v) is 13.7. The molecule has 0 aliphatic carbocycles. The van der Waals surface area contributed by atoms with Crippen LogP contribution >= 0.6 is 36.2 Å². The van der Waals surface area contributed by atoms with Gasteiger partial charge in [-0.05, 0) is 22.4 Å². The Morgan fingerprint density at radius 1 is 1.20 bits per heavy atom. The van der Waals surface area contributed by atoms with Gasteiger partial charge in [-0.15, -0.1) is 42.7 Å². The Kier molecular flexibility index (Phi) is 7.00. The lowest BCUT2D eigenvalue weighted by Crippen LogP contribution is -2.44. The molecule has 2 aromatic rings. The average Bonchev–Trinajstić information content (AvgIpc) is 2.85. The van der Waals surface area contributed by atoms with E-state index in [0.717, 1.165) is 26.2 Å². The lowest BCUT2D eigenvalue weighted by molar-refractivity contribution is 0.204. The Bertz CT molecular complexity index is 550. The number of benzene rings is 1. The van der Waals surface area contributed by atoms with E-state index >= 15 is 0 Å². The number of nitrogens with zero attached hydrogens (tertiary/aromatic N) is 1. The second kappa shape index (κ2) is 8.01. The zero-order valence-electron chi connectivity index (χ0n) is 11.2. The molecule has 110 valence electrons. The van der Waals surface area contributed by atoms with Crippen LogP contribution in [0.1, 0.15) is 11.6 Å². The molecule has 1 aromatic carbocycles. The Hall–Kier alpha value is -0.580. The monoisotopic (exact) mass is 330 g/mol. The van der Waals surface area contributed by atoms with Crippen molar-refractivity contribution in [3.8, 4) is 0 Å². The second-order valence-electron chi connectivity index (χ2n) is 4.65. The van der Waals surface area contributed by atoms with Gasteiger partial charge in [-0.25, -0.2) is 0 Å². The highest BCUT2D eigenvalue weighted by Crippen LogP contribution is 2.33. The SMILES string of the molecule is C=C[C@H](c1csc2ccccc12)N1CCNCC1.Cl.Cl. The van der Waals surface area contributed by atoms with E-state index in [1.807, 2.05) is 11.3 Å². The first-order chi connectivity index (χ1) is 8.90. The van der Waals surface area contributed by atoms with E-state index in [1.54, 1.807) is 0 Å². The molecule has 0 unspecified atom stereocenters. The molecule has 0 bridgehead atoms. The summed E-state index contributed by atoms with van der Waals surface area (Å²) in [7, 11) is 0. The van der Waals surface area contributed by atoms with E-state index in [0.29, 0.717) is 6.04 Å². The predicted molar refractivity (Wildman–Crippen MR) is 93.7 cm³/mol. The van der Waals surface area contributed by atoms with Crippen molar-refractivity contribution >= 4 is 46.2 Å². The summed E-state index contributed by atoms with van der Waals surface area (Å²) in [5, 5.41) is 7.07. The van der Waals surface area contributed by atoms with Gasteiger partial charge in [-0.2, -0.15) is 0 Å². The summed E-state index contributed by atoms with van der Waals surface area (Å²) in [4.78, 5) is 2.51. The van der Waals surface area contributed by atoms with Crippen LogP contribution in [-0.4, -0.2) is 31.1 Å². The third kappa shape index (κ3) is 3.35. The molecule has 1 N–H and O–H groups in total. The molecule has 0 saturated carbocycles. The molecule has 20 heavy (non-hydrogen) atoms. The van der Waals surface area contributed by atoms with Gasteiger partial charge >= 0.3 is 0 Å². The van der Waals surface area contributed by atoms with Crippen LogP contribution in [0, 0.1) is 0 Å². The Balaban J connectivity index is 0.000001000. The maximum Gasteiger partial charge on any atom is 0.0544 e. The molecule has 1 saturated heterocycles. The van der Waals surface area contributed by atoms with E-state index < -0.39 is 0 Å². The van der Waals surface area contributed by atoms with Crippen molar-refractivity contribution in [2.75, 3.05) is 26.2 Å². The van der Waals surface area contributed by atoms with Gasteiger partial charge in [-0.3, -0.25) is 4.90 Å². The number of fused-ring (bicyclic) bond motifs is 1. The Morgan fingerprint density at radius 3 is 2.60 bits per heavy atom. The largest absolute Gasteiger partial charge is 0.314 e. The van der Waals surface area contributed by atoms with Crippen molar-refractivity contribution in [3.05, 3.63) is 47.9 Å². The van der Waals surface area contributed by atoms with Crippen molar-refractivity contribution in [1.29, 1.82) is 0 Å². The first-order valence-corrected chi connectivity index (χ1v) is 7.31. The fraction of sp³-hybridized carbons (Fsp3) is 0.333. The van der Waals surface area contributed by atoms with E-state index in [2.05, 4.69) is 52.5 Å². The normalized spacial score (nSPS) is 17.0. The van der Waals surface area contributed by atoms with Gasteiger partial charge < -0.3 is 5.32 Å². The molecule has 2 heterocycles. The van der Waals surface area contributed by atoms with Crippen LogP contribution in [0.25, 0.3) is 10.1 Å². The Labute approximate surface area is 136 Å². The van der Waals surface area contributed by atoms with Crippen molar-refractivity contribution in [1.82, 2.24) is 10.2 Å². The quantitative estimate of drug-likeness (QED) is 0.859. The summed E-state index contributed by atoms with van der Waals surface area (Å²) >= 11 is 1.83. The molecule has 1 aromatic heterocycles. The highest BCUT2D eigenvalue weighted by Gasteiger charge is 2.21. The minimum Gasteiger partial charge on any atom is -0.314 e. The van der Waals surface area contributed by atoms with Gasteiger partial charge in [0, 0.05) is 30.9 Å². The number of halogens is 2. The topological polar surface area (TPSA) is 15.3 Å². The molecule has 0 amide bonds. The van der Waals surface area contributed by atoms with E-state index in [9.17, 15) is 0 Å². The third-order valence-electron chi connectivity index (χ3n) is 3.60. The fourth-order valence-corrected chi connectivity index (χ4v) is 3.65. The minimum absolute atomic E-state index is 0. The standard InChI is InChI=1S/C15H18N2S.2ClH/c1-2-14(17-9-7-16-8-10-17)13-11-18-15-6-4-3-5-12(13)15;;/h2-6,11,14,16H,1,7-10H2;2*1H/t14-;;/m1../s1. The maximum atomic E-state index is 4.04. The summed E-state index contributed by atoms with van der Waals surface area (Å²) in [6.07, 6.45) is 2.08. The van der Waals surface area contributed by atoms with Gasteiger partial charge in [-0.1, -0.05) is 24.3 Å². The summed E-state index contributed by atoms with van der Waals surface area (Å²) < 4.78 is 1.37. The van der Waals surface area contributed by atoms with Crippen molar-refractivity contribution in [3.63, 3.8) is 0 Å². The van der Waals surface area contributed by atoms with Gasteiger partial charge in [0.2, 0.25) is 0 Å². The second-order valence-corrected chi connectivity index (χ2v) is 5.56. The first kappa shape index (κ1) is 17.5. The first-order valence-electron chi connectivity index (χ1n) is 6.43. The summed E-state index contributed by atoms with van der Waals surface area (Å²) in [5.74, 6) is 0. The zero-order chi connectivity index (χ0) is 12.4. The van der Waals surface area contributed by atoms with Crippen LogP contribution < -0.4 is 5.32 Å². The molecule has 0 radical (unpaired) electrons. The molecule has 3 rings (SSSR count). The van der Waals surface area contributed by atoms with Crippen LogP contribution in [0.15, 0.2) is 42.3 Å². The average molecular weight is 331 g/mol. The summed E-state index contributed by atoms with van der Waals surface area (Å²) in [5.41, 5.74) is 1.41. The highest BCUT2D eigenvalue weighted by molar-refractivity contribution is 7.17. The van der Waals surface area contributed by atoms with Crippen molar-refractivity contribution in [2.24, 2.45) is 0 Å². The van der Waals surface area contributed by atoms with Gasteiger partial charge in [0.1, 0.15) is 0 Å². The Morgan fingerprint density at radius 2 is 1.90 bits per heavy atom. The van der Waals surface area contributed by atoms with Gasteiger partial charge in [0.15, 0.2) is 0 Å². The fourth-order valence-electron chi connectivity index (χ4n) is 2.66. The number of nitrogens with one attached hydrogen (secondary N) is 1. The van der Waals surface area contributed by atoms with Crippen LogP contribution in [0.4, 0.5) is 0 Å². The lowest BCUT2D eigenvalue weighted by atomic mass is 10.0.